The number of para-hydroxylation sites is 1. The largest absolute Gasteiger partial charge is 0.327 e. The molecule has 4 aromatic rings. The quantitative estimate of drug-likeness (QED) is 0.367. The third kappa shape index (κ3) is 4.46. The van der Waals surface area contributed by atoms with Gasteiger partial charge in [0.05, 0.1) is 5.69 Å². The van der Waals surface area contributed by atoms with Gasteiger partial charge in [-0.25, -0.2) is 13.8 Å². The predicted molar refractivity (Wildman–Crippen MR) is 121 cm³/mol. The molecule has 0 spiro atoms. The highest BCUT2D eigenvalue weighted by Gasteiger charge is 2.21. The monoisotopic (exact) mass is 435 g/mol. The van der Waals surface area contributed by atoms with Crippen LogP contribution in [0.25, 0.3) is 11.3 Å². The van der Waals surface area contributed by atoms with Crippen LogP contribution in [-0.2, 0) is 0 Å². The van der Waals surface area contributed by atoms with Crippen LogP contribution < -0.4 is 10.6 Å². The second kappa shape index (κ2) is 8.65. The molecule has 1 heterocycles. The minimum atomic E-state index is -0.738. The maximum absolute atomic E-state index is 14.1. The summed E-state index contributed by atoms with van der Waals surface area (Å²) in [4.78, 5) is 17.9. The first-order chi connectivity index (χ1) is 14.9. The molecule has 0 atom stereocenters. The standard InChI is InChI=1S/C24H19F2N3OS/c1-14-11-12-17(13-15(14)2)27-23(30)22-20(16-7-4-3-5-8-16)28-24(31-22)29-21-18(25)9-6-10-19(21)26/h3-13H,1-2H3,(H,27,30)(H,28,29). The van der Waals surface area contributed by atoms with Gasteiger partial charge < -0.3 is 10.6 Å². The summed E-state index contributed by atoms with van der Waals surface area (Å²) in [5.41, 5.74) is 3.70. The van der Waals surface area contributed by atoms with Crippen LogP contribution in [0, 0.1) is 25.5 Å². The lowest BCUT2D eigenvalue weighted by Gasteiger charge is -2.07. The van der Waals surface area contributed by atoms with E-state index in [4.69, 9.17) is 0 Å². The van der Waals surface area contributed by atoms with E-state index in [1.165, 1.54) is 6.07 Å². The van der Waals surface area contributed by atoms with Crippen molar-refractivity contribution in [3.05, 3.63) is 94.4 Å². The number of aromatic nitrogens is 1. The Hall–Kier alpha value is -3.58. The molecule has 3 aromatic carbocycles. The van der Waals surface area contributed by atoms with Gasteiger partial charge in [0.15, 0.2) is 5.13 Å². The summed E-state index contributed by atoms with van der Waals surface area (Å²) in [5.74, 6) is -1.82. The molecule has 0 aliphatic carbocycles. The zero-order chi connectivity index (χ0) is 22.0. The Labute approximate surface area is 182 Å². The Kier molecular flexibility index (Phi) is 5.77. The van der Waals surface area contributed by atoms with E-state index in [0.717, 1.165) is 40.2 Å². The fraction of sp³-hybridized carbons (Fsp3) is 0.0833. The van der Waals surface area contributed by atoms with Crippen molar-refractivity contribution in [3.8, 4) is 11.3 Å². The van der Waals surface area contributed by atoms with Crippen molar-refractivity contribution in [1.82, 2.24) is 4.98 Å². The van der Waals surface area contributed by atoms with E-state index in [9.17, 15) is 13.6 Å². The van der Waals surface area contributed by atoms with Gasteiger partial charge in [-0.05, 0) is 49.2 Å². The van der Waals surface area contributed by atoms with Crippen LogP contribution in [0.2, 0.25) is 0 Å². The smallest absolute Gasteiger partial charge is 0.268 e. The van der Waals surface area contributed by atoms with E-state index in [2.05, 4.69) is 15.6 Å². The molecule has 2 N–H and O–H groups in total. The van der Waals surface area contributed by atoms with Crippen LogP contribution in [0.1, 0.15) is 20.8 Å². The third-order valence-electron chi connectivity index (χ3n) is 4.84. The second-order valence-electron chi connectivity index (χ2n) is 7.04. The molecule has 31 heavy (non-hydrogen) atoms. The van der Waals surface area contributed by atoms with Crippen molar-refractivity contribution in [2.24, 2.45) is 0 Å². The maximum Gasteiger partial charge on any atom is 0.268 e. The Morgan fingerprint density at radius 1 is 0.903 bits per heavy atom. The zero-order valence-electron chi connectivity index (χ0n) is 16.9. The molecular formula is C24H19F2N3OS. The molecule has 1 aromatic heterocycles. The van der Waals surface area contributed by atoms with Gasteiger partial charge in [0, 0.05) is 11.3 Å². The van der Waals surface area contributed by atoms with Crippen molar-refractivity contribution in [2.45, 2.75) is 13.8 Å². The number of benzene rings is 3. The average Bonchev–Trinajstić information content (AvgIpc) is 3.18. The van der Waals surface area contributed by atoms with E-state index in [1.807, 2.05) is 62.4 Å². The van der Waals surface area contributed by atoms with Crippen molar-refractivity contribution in [1.29, 1.82) is 0 Å². The third-order valence-corrected chi connectivity index (χ3v) is 5.81. The van der Waals surface area contributed by atoms with Gasteiger partial charge in [-0.15, -0.1) is 0 Å². The molecule has 156 valence electrons. The van der Waals surface area contributed by atoms with Crippen LogP contribution in [0.3, 0.4) is 0 Å². The highest BCUT2D eigenvalue weighted by atomic mass is 32.1. The van der Waals surface area contributed by atoms with Gasteiger partial charge in [-0.2, -0.15) is 0 Å². The molecule has 0 radical (unpaired) electrons. The van der Waals surface area contributed by atoms with Gasteiger partial charge >= 0.3 is 0 Å². The number of carbonyl (C=O) groups excluding carboxylic acids is 1. The molecule has 0 aliphatic heterocycles. The summed E-state index contributed by atoms with van der Waals surface area (Å²) in [6.45, 7) is 3.97. The van der Waals surface area contributed by atoms with Crippen LogP contribution in [0.5, 0.6) is 0 Å². The highest BCUT2D eigenvalue weighted by molar-refractivity contribution is 7.18. The maximum atomic E-state index is 14.1. The van der Waals surface area contributed by atoms with E-state index < -0.39 is 11.6 Å². The number of nitrogens with zero attached hydrogens (tertiary/aromatic N) is 1. The number of hydrogen-bond donors (Lipinski definition) is 2. The summed E-state index contributed by atoms with van der Waals surface area (Å²) < 4.78 is 28.2. The Morgan fingerprint density at radius 2 is 1.61 bits per heavy atom. The Morgan fingerprint density at radius 3 is 2.29 bits per heavy atom. The van der Waals surface area contributed by atoms with E-state index in [1.54, 1.807) is 0 Å². The number of rotatable bonds is 5. The number of halogens is 2. The van der Waals surface area contributed by atoms with Gasteiger partial charge in [0.2, 0.25) is 0 Å². The summed E-state index contributed by atoms with van der Waals surface area (Å²) >= 11 is 1.03. The summed E-state index contributed by atoms with van der Waals surface area (Å²) in [5, 5.41) is 5.79. The molecule has 4 nitrogen and oxygen atoms in total. The van der Waals surface area contributed by atoms with Crippen LogP contribution in [0.15, 0.2) is 66.7 Å². The van der Waals surface area contributed by atoms with E-state index in [0.29, 0.717) is 16.3 Å². The molecule has 1 amide bonds. The van der Waals surface area contributed by atoms with Gasteiger partial charge in [0.1, 0.15) is 22.2 Å². The number of nitrogens with one attached hydrogen (secondary N) is 2. The van der Waals surface area contributed by atoms with Crippen molar-refractivity contribution in [2.75, 3.05) is 10.6 Å². The number of thiazole rings is 1. The Bertz CT molecular complexity index is 1230. The fourth-order valence-corrected chi connectivity index (χ4v) is 3.94. The van der Waals surface area contributed by atoms with Crippen molar-refractivity contribution in [3.63, 3.8) is 0 Å². The highest BCUT2D eigenvalue weighted by Crippen LogP contribution is 2.34. The number of anilines is 3. The normalized spacial score (nSPS) is 10.7. The minimum Gasteiger partial charge on any atom is -0.327 e. The SMILES string of the molecule is Cc1ccc(NC(=O)c2sc(Nc3c(F)cccc3F)nc2-c2ccccc2)cc1C. The number of carbonyl (C=O) groups is 1. The average molecular weight is 435 g/mol. The van der Waals surface area contributed by atoms with Gasteiger partial charge in [0.25, 0.3) is 5.91 Å². The van der Waals surface area contributed by atoms with Crippen LogP contribution in [-0.4, -0.2) is 10.9 Å². The molecule has 0 saturated heterocycles. The molecule has 0 aliphatic rings. The summed E-state index contributed by atoms with van der Waals surface area (Å²) in [6.07, 6.45) is 0. The molecule has 0 unspecified atom stereocenters. The van der Waals surface area contributed by atoms with Gasteiger partial charge in [-0.1, -0.05) is 53.8 Å². The first kappa shape index (κ1) is 20.7. The second-order valence-corrected chi connectivity index (χ2v) is 8.04. The lowest BCUT2D eigenvalue weighted by Crippen LogP contribution is -2.11. The van der Waals surface area contributed by atoms with Crippen molar-refractivity contribution < 1.29 is 13.6 Å². The minimum absolute atomic E-state index is 0.216. The van der Waals surface area contributed by atoms with Crippen LogP contribution >= 0.6 is 11.3 Å². The zero-order valence-corrected chi connectivity index (χ0v) is 17.7. The Balaban J connectivity index is 1.71. The van der Waals surface area contributed by atoms with Gasteiger partial charge in [-0.3, -0.25) is 4.79 Å². The lowest BCUT2D eigenvalue weighted by atomic mass is 10.1. The summed E-state index contributed by atoms with van der Waals surface area (Å²) in [7, 11) is 0. The predicted octanol–water partition coefficient (Wildman–Crippen LogP) is 6.70. The molecular weight excluding hydrogens is 416 g/mol. The van der Waals surface area contributed by atoms with Crippen LogP contribution in [0.4, 0.5) is 25.3 Å². The first-order valence-electron chi connectivity index (χ1n) is 9.58. The number of hydrogen-bond acceptors (Lipinski definition) is 4. The number of aryl methyl sites for hydroxylation is 2. The molecule has 4 rings (SSSR count). The summed E-state index contributed by atoms with van der Waals surface area (Å²) in [6, 6.07) is 18.5. The fourth-order valence-electron chi connectivity index (χ4n) is 3.05. The topological polar surface area (TPSA) is 54.0 Å². The van der Waals surface area contributed by atoms with Crippen molar-refractivity contribution >= 4 is 33.8 Å². The van der Waals surface area contributed by atoms with E-state index in [-0.39, 0.29) is 16.7 Å². The number of amides is 1. The molecule has 0 fully saturated rings. The molecule has 7 heteroatoms. The molecule has 0 bridgehead atoms. The lowest BCUT2D eigenvalue weighted by molar-refractivity contribution is 0.103. The molecule has 0 saturated carbocycles. The first-order valence-corrected chi connectivity index (χ1v) is 10.4. The van der Waals surface area contributed by atoms with E-state index >= 15 is 0 Å².